The Morgan fingerprint density at radius 1 is 1.60 bits per heavy atom. The molecule has 60 valence electrons. The smallest absolute Gasteiger partial charge is 0.300 e. The van der Waals surface area contributed by atoms with E-state index in [1.54, 1.807) is 0 Å². The molecular weight excluding hydrogens is 219 g/mol. The summed E-state index contributed by atoms with van der Waals surface area (Å²) >= 11 is 2.88. The van der Waals surface area contributed by atoms with Crippen LogP contribution in [0.2, 0.25) is 0 Å². The fraction of sp³-hybridized carbons (Fsp3) is 1.00. The molecule has 0 aromatic carbocycles. The summed E-state index contributed by atoms with van der Waals surface area (Å²) in [6.07, 6.45) is -2.12. The van der Waals surface area contributed by atoms with Gasteiger partial charge in [-0.15, -0.1) is 0 Å². The van der Waals surface area contributed by atoms with E-state index in [1.807, 2.05) is 13.8 Å². The third-order valence-electron chi connectivity index (χ3n) is 1.31. The van der Waals surface area contributed by atoms with Gasteiger partial charge in [0.1, 0.15) is 0 Å². The van der Waals surface area contributed by atoms with Crippen molar-refractivity contribution in [3.05, 3.63) is 0 Å². The van der Waals surface area contributed by atoms with Crippen LogP contribution in [0.5, 0.6) is 0 Å². The minimum atomic E-state index is -2.90. The van der Waals surface area contributed by atoms with Gasteiger partial charge in [0.2, 0.25) is 0 Å². The first kappa shape index (κ1) is 8.72. The van der Waals surface area contributed by atoms with Crippen molar-refractivity contribution in [1.29, 1.82) is 0 Å². The lowest BCUT2D eigenvalue weighted by atomic mass is 10.1. The zero-order chi connectivity index (χ0) is 7.83. The van der Waals surface area contributed by atoms with Gasteiger partial charge in [0.25, 0.3) is 0 Å². The molecule has 0 radical (unpaired) electrons. The van der Waals surface area contributed by atoms with E-state index >= 15 is 0 Å². The van der Waals surface area contributed by atoms with E-state index in [4.69, 9.17) is 9.05 Å². The van der Waals surface area contributed by atoms with Gasteiger partial charge in [0.05, 0.1) is 12.2 Å². The molecule has 3 nitrogen and oxygen atoms in total. The Bertz CT molecular complexity index is 180. The number of halogens is 1. The summed E-state index contributed by atoms with van der Waals surface area (Å²) in [5.74, 6) is 0. The van der Waals surface area contributed by atoms with Crippen LogP contribution in [-0.4, -0.2) is 12.2 Å². The van der Waals surface area contributed by atoms with Gasteiger partial charge in [0, 0.05) is 21.9 Å². The fourth-order valence-electron chi connectivity index (χ4n) is 0.768. The highest BCUT2D eigenvalue weighted by Crippen LogP contribution is 2.61. The molecule has 0 aromatic heterocycles. The van der Waals surface area contributed by atoms with Crippen LogP contribution >= 0.6 is 21.8 Å². The van der Waals surface area contributed by atoms with Crippen molar-refractivity contribution < 1.29 is 13.6 Å². The zero-order valence-electron chi connectivity index (χ0n) is 5.96. The lowest BCUT2D eigenvalue weighted by Gasteiger charge is -2.32. The monoisotopic (exact) mass is 228 g/mol. The van der Waals surface area contributed by atoms with E-state index in [2.05, 4.69) is 15.5 Å². The van der Waals surface area contributed by atoms with Crippen LogP contribution in [0.3, 0.4) is 0 Å². The number of hydrogen-bond donors (Lipinski definition) is 0. The maximum Gasteiger partial charge on any atom is 0.396 e. The molecular formula is C5H10BrO3P. The van der Waals surface area contributed by atoms with Gasteiger partial charge in [-0.3, -0.25) is 4.52 Å². The van der Waals surface area contributed by atoms with Crippen molar-refractivity contribution in [3.8, 4) is 0 Å². The van der Waals surface area contributed by atoms with Crippen LogP contribution in [0.1, 0.15) is 20.3 Å². The summed E-state index contributed by atoms with van der Waals surface area (Å²) < 4.78 is 21.1. The van der Waals surface area contributed by atoms with Crippen LogP contribution in [0.25, 0.3) is 0 Å². The molecule has 0 bridgehead atoms. The molecule has 1 fully saturated rings. The summed E-state index contributed by atoms with van der Waals surface area (Å²) in [4.78, 5) is 0. The van der Waals surface area contributed by atoms with E-state index in [1.165, 1.54) is 0 Å². The van der Waals surface area contributed by atoms with Crippen LogP contribution in [0, 0.1) is 0 Å². The maximum atomic E-state index is 11.1. The molecule has 0 spiro atoms. The van der Waals surface area contributed by atoms with E-state index < -0.39 is 6.30 Å². The molecule has 0 aliphatic carbocycles. The Kier molecular flexibility index (Phi) is 2.26. The minimum absolute atomic E-state index is 0.322. The first-order chi connectivity index (χ1) is 4.41. The average Bonchev–Trinajstić information content (AvgIpc) is 1.56. The third kappa shape index (κ3) is 2.35. The lowest BCUT2D eigenvalue weighted by Crippen LogP contribution is -2.28. The first-order valence-electron chi connectivity index (χ1n) is 3.06. The van der Waals surface area contributed by atoms with E-state index in [-0.39, 0.29) is 5.60 Å². The molecule has 0 N–H and O–H groups in total. The third-order valence-corrected chi connectivity index (χ3v) is 3.56. The highest BCUT2D eigenvalue weighted by Gasteiger charge is 2.35. The predicted octanol–water partition coefficient (Wildman–Crippen LogP) is 2.70. The largest absolute Gasteiger partial charge is 0.396 e. The molecule has 0 aromatic rings. The normalized spacial score (nSPS) is 39.5. The van der Waals surface area contributed by atoms with Crippen molar-refractivity contribution in [2.75, 3.05) is 6.61 Å². The van der Waals surface area contributed by atoms with Crippen molar-refractivity contribution in [1.82, 2.24) is 0 Å². The van der Waals surface area contributed by atoms with Crippen molar-refractivity contribution in [2.45, 2.75) is 25.9 Å². The summed E-state index contributed by atoms with van der Waals surface area (Å²) in [6.45, 7) is 4.28. The van der Waals surface area contributed by atoms with Crippen LogP contribution in [0.4, 0.5) is 0 Å². The van der Waals surface area contributed by atoms with Crippen LogP contribution < -0.4 is 0 Å². The second kappa shape index (κ2) is 2.59. The first-order valence-corrected chi connectivity index (χ1v) is 6.62. The van der Waals surface area contributed by atoms with Crippen LogP contribution in [-0.2, 0) is 13.6 Å². The summed E-state index contributed by atoms with van der Waals surface area (Å²) in [5.41, 5.74) is -0.322. The van der Waals surface area contributed by atoms with Gasteiger partial charge in [-0.25, -0.2) is 4.57 Å². The lowest BCUT2D eigenvalue weighted by molar-refractivity contribution is 0.0288. The second-order valence-corrected chi connectivity index (χ2v) is 6.77. The molecule has 1 aliphatic rings. The molecule has 0 saturated carbocycles. The number of rotatable bonds is 0. The topological polar surface area (TPSA) is 35.5 Å². The average molecular weight is 229 g/mol. The molecule has 1 rings (SSSR count). The standard InChI is InChI=1S/C5H10BrO3P/c1-5(2)3-4-8-10(6,7)9-5/h3-4H2,1-2H3. The molecule has 5 heteroatoms. The highest BCUT2D eigenvalue weighted by atomic mass is 79.9. The molecule has 1 heterocycles. The van der Waals surface area contributed by atoms with Crippen molar-refractivity contribution >= 4 is 21.8 Å². The summed E-state index contributed by atoms with van der Waals surface area (Å²) in [7, 11) is 0. The Morgan fingerprint density at radius 2 is 2.20 bits per heavy atom. The molecule has 1 aliphatic heterocycles. The van der Waals surface area contributed by atoms with E-state index in [9.17, 15) is 4.57 Å². The molecule has 10 heavy (non-hydrogen) atoms. The summed E-state index contributed by atoms with van der Waals surface area (Å²) in [6, 6.07) is 0. The Balaban J connectivity index is 2.66. The SMILES string of the molecule is CC1(C)CCOP(=O)(Br)O1. The zero-order valence-corrected chi connectivity index (χ0v) is 8.44. The maximum absolute atomic E-state index is 11.1. The molecule has 1 atom stereocenters. The Hall–Kier alpha value is 0.630. The molecule has 1 unspecified atom stereocenters. The van der Waals surface area contributed by atoms with Gasteiger partial charge < -0.3 is 4.52 Å². The number of hydrogen-bond acceptors (Lipinski definition) is 3. The minimum Gasteiger partial charge on any atom is -0.300 e. The second-order valence-electron chi connectivity index (χ2n) is 2.86. The molecule has 0 amide bonds. The fourth-order valence-corrected chi connectivity index (χ4v) is 3.42. The highest BCUT2D eigenvalue weighted by molar-refractivity contribution is 9.39. The van der Waals surface area contributed by atoms with Gasteiger partial charge in [-0.2, -0.15) is 0 Å². The Morgan fingerprint density at radius 3 is 2.50 bits per heavy atom. The van der Waals surface area contributed by atoms with Crippen molar-refractivity contribution in [3.63, 3.8) is 0 Å². The van der Waals surface area contributed by atoms with Gasteiger partial charge in [-0.1, -0.05) is 0 Å². The summed E-state index contributed by atoms with van der Waals surface area (Å²) in [5, 5.41) is 0. The molecule has 1 saturated heterocycles. The quantitative estimate of drug-likeness (QED) is 0.599. The van der Waals surface area contributed by atoms with Gasteiger partial charge >= 0.3 is 6.30 Å². The van der Waals surface area contributed by atoms with Crippen molar-refractivity contribution in [2.24, 2.45) is 0 Å². The van der Waals surface area contributed by atoms with Gasteiger partial charge in [-0.05, 0) is 13.8 Å². The van der Waals surface area contributed by atoms with Crippen LogP contribution in [0.15, 0.2) is 0 Å². The Labute approximate surface area is 68.4 Å². The van der Waals surface area contributed by atoms with E-state index in [0.29, 0.717) is 6.61 Å². The predicted molar refractivity (Wildman–Crippen MR) is 42.3 cm³/mol. The van der Waals surface area contributed by atoms with Gasteiger partial charge in [0.15, 0.2) is 0 Å². The van der Waals surface area contributed by atoms with E-state index in [0.717, 1.165) is 6.42 Å².